The Labute approximate surface area is 85.2 Å². The summed E-state index contributed by atoms with van der Waals surface area (Å²) in [6, 6.07) is 0.582. The highest BCUT2D eigenvalue weighted by atomic mass is 16.5. The lowest BCUT2D eigenvalue weighted by molar-refractivity contribution is -0.149. The van der Waals surface area contributed by atoms with Gasteiger partial charge in [-0.3, -0.25) is 4.79 Å². The van der Waals surface area contributed by atoms with E-state index in [9.17, 15) is 4.79 Å². The minimum absolute atomic E-state index is 0.0136. The van der Waals surface area contributed by atoms with E-state index in [1.165, 1.54) is 12.8 Å². The number of hydrogen-bond acceptors (Lipinski definition) is 3. The SMILES string of the molecule is CCOC(=O)[C@@H]1CCN[C@@H](C2CC2)C1. The molecular weight excluding hydrogens is 178 g/mol. The van der Waals surface area contributed by atoms with Crippen LogP contribution in [0.25, 0.3) is 0 Å². The molecule has 1 aliphatic carbocycles. The van der Waals surface area contributed by atoms with Gasteiger partial charge in [0.2, 0.25) is 0 Å². The van der Waals surface area contributed by atoms with Crippen LogP contribution in [0.15, 0.2) is 0 Å². The van der Waals surface area contributed by atoms with Crippen molar-refractivity contribution < 1.29 is 9.53 Å². The molecule has 2 atom stereocenters. The van der Waals surface area contributed by atoms with E-state index in [0.717, 1.165) is 25.3 Å². The molecule has 3 nitrogen and oxygen atoms in total. The molecule has 0 bridgehead atoms. The normalized spacial score (nSPS) is 32.6. The first-order valence-electron chi connectivity index (χ1n) is 5.71. The molecule has 3 heteroatoms. The molecule has 0 aromatic heterocycles. The van der Waals surface area contributed by atoms with Crippen LogP contribution in [0.2, 0.25) is 0 Å². The fraction of sp³-hybridized carbons (Fsp3) is 0.909. The number of ether oxygens (including phenoxy) is 1. The van der Waals surface area contributed by atoms with E-state index in [0.29, 0.717) is 12.6 Å². The fourth-order valence-electron chi connectivity index (χ4n) is 2.28. The number of piperidine rings is 1. The first kappa shape index (κ1) is 9.97. The molecule has 0 radical (unpaired) electrons. The first-order chi connectivity index (χ1) is 6.81. The fourth-order valence-corrected chi connectivity index (χ4v) is 2.28. The molecule has 1 saturated carbocycles. The molecule has 0 aromatic carbocycles. The summed E-state index contributed by atoms with van der Waals surface area (Å²) in [5.41, 5.74) is 0. The highest BCUT2D eigenvalue weighted by molar-refractivity contribution is 5.72. The number of rotatable bonds is 3. The zero-order chi connectivity index (χ0) is 9.97. The van der Waals surface area contributed by atoms with Crippen molar-refractivity contribution in [2.75, 3.05) is 13.2 Å². The van der Waals surface area contributed by atoms with Crippen molar-refractivity contribution in [2.24, 2.45) is 11.8 Å². The monoisotopic (exact) mass is 197 g/mol. The Balaban J connectivity index is 1.83. The molecule has 0 aromatic rings. The van der Waals surface area contributed by atoms with Gasteiger partial charge >= 0.3 is 5.97 Å². The second-order valence-electron chi connectivity index (χ2n) is 4.37. The lowest BCUT2D eigenvalue weighted by Gasteiger charge is -2.29. The number of hydrogen-bond donors (Lipinski definition) is 1. The van der Waals surface area contributed by atoms with Crippen molar-refractivity contribution in [3.05, 3.63) is 0 Å². The maximum atomic E-state index is 11.5. The Hall–Kier alpha value is -0.570. The molecule has 1 N–H and O–H groups in total. The molecule has 14 heavy (non-hydrogen) atoms. The van der Waals surface area contributed by atoms with Crippen LogP contribution in [-0.4, -0.2) is 25.2 Å². The van der Waals surface area contributed by atoms with Gasteiger partial charge in [-0.2, -0.15) is 0 Å². The zero-order valence-corrected chi connectivity index (χ0v) is 8.79. The Kier molecular flexibility index (Phi) is 3.06. The van der Waals surface area contributed by atoms with Crippen LogP contribution in [-0.2, 0) is 9.53 Å². The third kappa shape index (κ3) is 2.27. The van der Waals surface area contributed by atoms with Gasteiger partial charge in [-0.25, -0.2) is 0 Å². The predicted octanol–water partition coefficient (Wildman–Crippen LogP) is 1.33. The molecule has 0 spiro atoms. The third-order valence-electron chi connectivity index (χ3n) is 3.25. The van der Waals surface area contributed by atoms with Gasteiger partial charge in [0, 0.05) is 6.04 Å². The second-order valence-corrected chi connectivity index (χ2v) is 4.37. The quantitative estimate of drug-likeness (QED) is 0.694. The van der Waals surface area contributed by atoms with Crippen molar-refractivity contribution in [3.63, 3.8) is 0 Å². The van der Waals surface area contributed by atoms with Crippen LogP contribution in [0.1, 0.15) is 32.6 Å². The Morgan fingerprint density at radius 2 is 2.21 bits per heavy atom. The van der Waals surface area contributed by atoms with Gasteiger partial charge in [0.05, 0.1) is 12.5 Å². The van der Waals surface area contributed by atoms with Crippen LogP contribution in [0, 0.1) is 11.8 Å². The summed E-state index contributed by atoms with van der Waals surface area (Å²) in [5, 5.41) is 3.50. The van der Waals surface area contributed by atoms with Gasteiger partial charge in [0.15, 0.2) is 0 Å². The zero-order valence-electron chi connectivity index (χ0n) is 8.79. The summed E-state index contributed by atoms with van der Waals surface area (Å²) in [4.78, 5) is 11.5. The Bertz CT molecular complexity index is 213. The molecule has 2 fully saturated rings. The van der Waals surface area contributed by atoms with Gasteiger partial charge in [-0.1, -0.05) is 0 Å². The largest absolute Gasteiger partial charge is 0.466 e. The molecule has 80 valence electrons. The molecule has 2 aliphatic rings. The molecule has 0 amide bonds. The molecule has 0 unspecified atom stereocenters. The van der Waals surface area contributed by atoms with E-state index < -0.39 is 0 Å². The number of carbonyl (C=O) groups is 1. The summed E-state index contributed by atoms with van der Waals surface area (Å²) in [7, 11) is 0. The average Bonchev–Trinajstić information content (AvgIpc) is 3.02. The Morgan fingerprint density at radius 3 is 2.86 bits per heavy atom. The summed E-state index contributed by atoms with van der Waals surface area (Å²) in [6.45, 7) is 3.36. The smallest absolute Gasteiger partial charge is 0.309 e. The lowest BCUT2D eigenvalue weighted by atomic mass is 9.90. The van der Waals surface area contributed by atoms with Crippen molar-refractivity contribution in [2.45, 2.75) is 38.6 Å². The van der Waals surface area contributed by atoms with Gasteiger partial charge < -0.3 is 10.1 Å². The van der Waals surface area contributed by atoms with Gasteiger partial charge in [-0.15, -0.1) is 0 Å². The van der Waals surface area contributed by atoms with Crippen molar-refractivity contribution in [1.29, 1.82) is 0 Å². The van der Waals surface area contributed by atoms with Crippen LogP contribution in [0.3, 0.4) is 0 Å². The standard InChI is InChI=1S/C11H19NO2/c1-2-14-11(13)9-5-6-12-10(7-9)8-3-4-8/h8-10,12H,2-7H2,1H3/t9-,10-/m1/s1. The maximum absolute atomic E-state index is 11.5. The van der Waals surface area contributed by atoms with Gasteiger partial charge in [0.25, 0.3) is 0 Å². The molecule has 1 saturated heterocycles. The van der Waals surface area contributed by atoms with Gasteiger partial charge in [0.1, 0.15) is 0 Å². The Morgan fingerprint density at radius 1 is 1.43 bits per heavy atom. The predicted molar refractivity (Wildman–Crippen MR) is 53.9 cm³/mol. The van der Waals surface area contributed by atoms with E-state index in [1.54, 1.807) is 0 Å². The topological polar surface area (TPSA) is 38.3 Å². The maximum Gasteiger partial charge on any atom is 0.309 e. The number of nitrogens with one attached hydrogen (secondary N) is 1. The second kappa shape index (κ2) is 4.30. The molecular formula is C11H19NO2. The minimum atomic E-state index is 0.0136. The molecule has 1 aliphatic heterocycles. The minimum Gasteiger partial charge on any atom is -0.466 e. The van der Waals surface area contributed by atoms with E-state index in [-0.39, 0.29) is 11.9 Å². The average molecular weight is 197 g/mol. The summed E-state index contributed by atoms with van der Waals surface area (Å²) < 4.78 is 5.06. The van der Waals surface area contributed by atoms with Crippen LogP contribution < -0.4 is 5.32 Å². The first-order valence-corrected chi connectivity index (χ1v) is 5.71. The van der Waals surface area contributed by atoms with Crippen molar-refractivity contribution in [1.82, 2.24) is 5.32 Å². The molecule has 1 heterocycles. The van der Waals surface area contributed by atoms with Crippen LogP contribution in [0.4, 0.5) is 0 Å². The summed E-state index contributed by atoms with van der Waals surface area (Å²) in [5.74, 6) is 1.01. The number of esters is 1. The lowest BCUT2D eigenvalue weighted by Crippen LogP contribution is -2.42. The highest BCUT2D eigenvalue weighted by Crippen LogP contribution is 2.37. The third-order valence-corrected chi connectivity index (χ3v) is 3.25. The highest BCUT2D eigenvalue weighted by Gasteiger charge is 2.36. The number of carbonyl (C=O) groups excluding carboxylic acids is 1. The van der Waals surface area contributed by atoms with E-state index in [4.69, 9.17) is 4.74 Å². The van der Waals surface area contributed by atoms with E-state index in [1.807, 2.05) is 6.92 Å². The van der Waals surface area contributed by atoms with Crippen LogP contribution in [0.5, 0.6) is 0 Å². The summed E-state index contributed by atoms with van der Waals surface area (Å²) >= 11 is 0. The van der Waals surface area contributed by atoms with E-state index in [2.05, 4.69) is 5.32 Å². The van der Waals surface area contributed by atoms with Crippen molar-refractivity contribution in [3.8, 4) is 0 Å². The summed E-state index contributed by atoms with van der Waals surface area (Å²) in [6.07, 6.45) is 4.62. The van der Waals surface area contributed by atoms with Crippen LogP contribution >= 0.6 is 0 Å². The van der Waals surface area contributed by atoms with Gasteiger partial charge in [-0.05, 0) is 45.1 Å². The van der Waals surface area contributed by atoms with Crippen molar-refractivity contribution >= 4 is 5.97 Å². The van der Waals surface area contributed by atoms with E-state index >= 15 is 0 Å². The molecule has 2 rings (SSSR count).